The number of nitrogens with zero attached hydrogens (tertiary/aromatic N) is 1. The van der Waals surface area contributed by atoms with E-state index in [-0.39, 0.29) is 6.03 Å². The lowest BCUT2D eigenvalue weighted by molar-refractivity contribution is 0.144. The first kappa shape index (κ1) is 18.3. The van der Waals surface area contributed by atoms with Gasteiger partial charge in [0.25, 0.3) is 0 Å². The summed E-state index contributed by atoms with van der Waals surface area (Å²) in [5.74, 6) is 1.28. The highest BCUT2D eigenvalue weighted by atomic mass is 16.5. The van der Waals surface area contributed by atoms with Crippen molar-refractivity contribution < 1.29 is 9.53 Å². The number of amides is 2. The summed E-state index contributed by atoms with van der Waals surface area (Å²) in [5, 5.41) is 2.97. The maximum atomic E-state index is 12.5. The van der Waals surface area contributed by atoms with Gasteiger partial charge in [-0.05, 0) is 49.1 Å². The highest BCUT2D eigenvalue weighted by Crippen LogP contribution is 2.22. The Labute approximate surface area is 155 Å². The molecular weight excluding hydrogens is 326 g/mol. The molecule has 1 atom stereocenters. The maximum Gasteiger partial charge on any atom is 0.321 e. The number of rotatable bonds is 5. The van der Waals surface area contributed by atoms with Gasteiger partial charge in [0.1, 0.15) is 5.75 Å². The van der Waals surface area contributed by atoms with E-state index in [9.17, 15) is 4.79 Å². The molecule has 0 saturated carbocycles. The van der Waals surface area contributed by atoms with E-state index in [1.807, 2.05) is 60.4 Å². The molecule has 2 aromatic rings. The fourth-order valence-corrected chi connectivity index (χ4v) is 3.24. The molecule has 1 aliphatic rings. The van der Waals surface area contributed by atoms with Gasteiger partial charge in [-0.25, -0.2) is 4.79 Å². The van der Waals surface area contributed by atoms with Crippen LogP contribution in [-0.4, -0.2) is 30.6 Å². The van der Waals surface area contributed by atoms with Crippen molar-refractivity contribution in [1.29, 1.82) is 0 Å². The van der Waals surface area contributed by atoms with Gasteiger partial charge in [-0.2, -0.15) is 0 Å². The van der Waals surface area contributed by atoms with Crippen LogP contribution in [0.15, 0.2) is 48.5 Å². The summed E-state index contributed by atoms with van der Waals surface area (Å²) in [5.41, 5.74) is 8.59. The van der Waals surface area contributed by atoms with Crippen molar-refractivity contribution in [3.05, 3.63) is 59.7 Å². The van der Waals surface area contributed by atoms with Crippen molar-refractivity contribution in [2.75, 3.05) is 25.0 Å². The number of hydrogen-bond acceptors (Lipinski definition) is 3. The molecule has 5 nitrogen and oxygen atoms in total. The fraction of sp³-hybridized carbons (Fsp3) is 0.381. The molecule has 2 aromatic carbocycles. The molecule has 0 spiro atoms. The summed E-state index contributed by atoms with van der Waals surface area (Å²) in [6.07, 6.45) is 2.09. The lowest BCUT2D eigenvalue weighted by atomic mass is 9.99. The number of para-hydroxylation sites is 1. The number of aryl methyl sites for hydroxylation is 1. The number of ether oxygens (including phenoxy) is 1. The van der Waals surface area contributed by atoms with Crippen LogP contribution in [0.4, 0.5) is 10.5 Å². The van der Waals surface area contributed by atoms with E-state index in [1.165, 1.54) is 0 Å². The number of nitrogens with one attached hydrogen (secondary N) is 1. The minimum Gasteiger partial charge on any atom is -0.493 e. The third-order valence-corrected chi connectivity index (χ3v) is 4.82. The van der Waals surface area contributed by atoms with Crippen LogP contribution in [0, 0.1) is 12.8 Å². The topological polar surface area (TPSA) is 67.6 Å². The number of urea groups is 1. The average Bonchev–Trinajstić information content (AvgIpc) is 2.68. The predicted octanol–water partition coefficient (Wildman–Crippen LogP) is 3.78. The Morgan fingerprint density at radius 3 is 2.73 bits per heavy atom. The summed E-state index contributed by atoms with van der Waals surface area (Å²) in [6.45, 7) is 4.70. The SMILES string of the molecule is Cc1ccccc1OCC1CCCN(C(=O)Nc2ccc(CN)cc2)C1. The zero-order chi connectivity index (χ0) is 18.4. The number of carbonyl (C=O) groups excluding carboxylic acids is 1. The molecule has 3 rings (SSSR count). The lowest BCUT2D eigenvalue weighted by Crippen LogP contribution is -2.43. The Kier molecular flexibility index (Phi) is 6.12. The van der Waals surface area contributed by atoms with Crippen molar-refractivity contribution in [3.63, 3.8) is 0 Å². The van der Waals surface area contributed by atoms with Crippen LogP contribution in [0.1, 0.15) is 24.0 Å². The van der Waals surface area contributed by atoms with Crippen molar-refractivity contribution in [2.24, 2.45) is 11.7 Å². The van der Waals surface area contributed by atoms with Gasteiger partial charge in [-0.1, -0.05) is 30.3 Å². The molecule has 138 valence electrons. The van der Waals surface area contributed by atoms with E-state index < -0.39 is 0 Å². The van der Waals surface area contributed by atoms with Gasteiger partial charge in [0, 0.05) is 31.2 Å². The van der Waals surface area contributed by atoms with Crippen molar-refractivity contribution in [1.82, 2.24) is 4.90 Å². The van der Waals surface area contributed by atoms with Gasteiger partial charge in [0.15, 0.2) is 0 Å². The largest absolute Gasteiger partial charge is 0.493 e. The van der Waals surface area contributed by atoms with Crippen molar-refractivity contribution in [3.8, 4) is 5.75 Å². The molecule has 2 amide bonds. The lowest BCUT2D eigenvalue weighted by Gasteiger charge is -2.32. The summed E-state index contributed by atoms with van der Waals surface area (Å²) in [7, 11) is 0. The molecule has 0 bridgehead atoms. The number of anilines is 1. The number of nitrogens with two attached hydrogens (primary N) is 1. The van der Waals surface area contributed by atoms with Gasteiger partial charge in [-0.15, -0.1) is 0 Å². The first-order chi connectivity index (χ1) is 12.7. The molecule has 3 N–H and O–H groups in total. The predicted molar refractivity (Wildman–Crippen MR) is 104 cm³/mol. The van der Waals surface area contributed by atoms with Crippen LogP contribution in [0.25, 0.3) is 0 Å². The van der Waals surface area contributed by atoms with Gasteiger partial charge in [-0.3, -0.25) is 0 Å². The summed E-state index contributed by atoms with van der Waals surface area (Å²) in [4.78, 5) is 14.4. The van der Waals surface area contributed by atoms with Crippen molar-refractivity contribution >= 4 is 11.7 Å². The van der Waals surface area contributed by atoms with Crippen LogP contribution < -0.4 is 15.8 Å². The Bertz CT molecular complexity index is 730. The molecule has 26 heavy (non-hydrogen) atoms. The summed E-state index contributed by atoms with van der Waals surface area (Å²) < 4.78 is 5.98. The number of benzene rings is 2. The standard InChI is InChI=1S/C21H27N3O2/c1-16-5-2-3-7-20(16)26-15-18-6-4-12-24(14-18)21(25)23-19-10-8-17(13-22)9-11-19/h2-3,5,7-11,18H,4,6,12-15,22H2,1H3,(H,23,25). The smallest absolute Gasteiger partial charge is 0.321 e. The number of likely N-dealkylation sites (tertiary alicyclic amines) is 1. The Morgan fingerprint density at radius 2 is 2.00 bits per heavy atom. The van der Waals surface area contributed by atoms with E-state index in [0.717, 1.165) is 48.5 Å². The third-order valence-electron chi connectivity index (χ3n) is 4.82. The second-order valence-corrected chi connectivity index (χ2v) is 6.86. The first-order valence-corrected chi connectivity index (χ1v) is 9.19. The van der Waals surface area contributed by atoms with E-state index in [0.29, 0.717) is 19.1 Å². The third kappa shape index (κ3) is 4.76. The zero-order valence-electron chi connectivity index (χ0n) is 15.3. The molecule has 0 aromatic heterocycles. The van der Waals surface area contributed by atoms with Gasteiger partial charge in [0.05, 0.1) is 6.61 Å². The van der Waals surface area contributed by atoms with Crippen LogP contribution in [0.5, 0.6) is 5.75 Å². The molecule has 0 radical (unpaired) electrons. The van der Waals surface area contributed by atoms with Gasteiger partial charge < -0.3 is 20.7 Å². The molecular formula is C21H27N3O2. The van der Waals surface area contributed by atoms with E-state index in [2.05, 4.69) is 5.32 Å². The number of carbonyl (C=O) groups is 1. The van der Waals surface area contributed by atoms with Crippen LogP contribution >= 0.6 is 0 Å². The van der Waals surface area contributed by atoms with Crippen molar-refractivity contribution in [2.45, 2.75) is 26.3 Å². The molecule has 1 saturated heterocycles. The average molecular weight is 353 g/mol. The Hall–Kier alpha value is -2.53. The normalized spacial score (nSPS) is 17.0. The number of hydrogen-bond donors (Lipinski definition) is 2. The minimum atomic E-state index is -0.0499. The minimum absolute atomic E-state index is 0.0499. The van der Waals surface area contributed by atoms with Gasteiger partial charge >= 0.3 is 6.03 Å². The number of piperidine rings is 1. The summed E-state index contributed by atoms with van der Waals surface area (Å²) in [6, 6.07) is 15.6. The van der Waals surface area contributed by atoms with E-state index in [1.54, 1.807) is 0 Å². The molecule has 1 aliphatic heterocycles. The van der Waals surface area contributed by atoms with E-state index >= 15 is 0 Å². The van der Waals surface area contributed by atoms with Crippen LogP contribution in [0.3, 0.4) is 0 Å². The zero-order valence-corrected chi connectivity index (χ0v) is 15.3. The highest BCUT2D eigenvalue weighted by Gasteiger charge is 2.24. The van der Waals surface area contributed by atoms with E-state index in [4.69, 9.17) is 10.5 Å². The molecule has 1 heterocycles. The van der Waals surface area contributed by atoms with Crippen LogP contribution in [-0.2, 0) is 6.54 Å². The Morgan fingerprint density at radius 1 is 1.23 bits per heavy atom. The summed E-state index contributed by atoms with van der Waals surface area (Å²) >= 11 is 0. The quantitative estimate of drug-likeness (QED) is 0.860. The second-order valence-electron chi connectivity index (χ2n) is 6.86. The second kappa shape index (κ2) is 8.72. The Balaban J connectivity index is 1.52. The maximum absolute atomic E-state index is 12.5. The molecule has 5 heteroatoms. The van der Waals surface area contributed by atoms with Crippen LogP contribution in [0.2, 0.25) is 0 Å². The highest BCUT2D eigenvalue weighted by molar-refractivity contribution is 5.89. The first-order valence-electron chi connectivity index (χ1n) is 9.19. The molecule has 1 fully saturated rings. The van der Waals surface area contributed by atoms with Gasteiger partial charge in [0.2, 0.25) is 0 Å². The molecule has 1 unspecified atom stereocenters. The molecule has 0 aliphatic carbocycles. The monoisotopic (exact) mass is 353 g/mol. The fourth-order valence-electron chi connectivity index (χ4n) is 3.24.